The van der Waals surface area contributed by atoms with Gasteiger partial charge in [-0.2, -0.15) is 0 Å². The Morgan fingerprint density at radius 2 is 2.06 bits per heavy atom. The van der Waals surface area contributed by atoms with Gasteiger partial charge in [0.15, 0.2) is 0 Å². The average Bonchev–Trinajstić information content (AvgIpc) is 3.09. The van der Waals surface area contributed by atoms with E-state index < -0.39 is 0 Å². The molecule has 1 aromatic rings. The molecule has 4 heteroatoms. The van der Waals surface area contributed by atoms with Crippen molar-refractivity contribution in [2.75, 3.05) is 27.2 Å². The van der Waals surface area contributed by atoms with Crippen molar-refractivity contribution in [1.82, 2.24) is 10.2 Å². The number of amides is 1. The molecule has 0 saturated heterocycles. The molecule has 1 aliphatic rings. The van der Waals surface area contributed by atoms with Gasteiger partial charge >= 0.3 is 0 Å². The topological polar surface area (TPSA) is 52.6 Å². The van der Waals surface area contributed by atoms with E-state index in [9.17, 15) is 9.90 Å². The first-order valence-electron chi connectivity index (χ1n) is 6.29. The van der Waals surface area contributed by atoms with Gasteiger partial charge in [-0.15, -0.1) is 0 Å². The standard InChI is InChI=1S/C14H20N2O2/c1-16(2)8-7-15-14(18)13-9-12(13)10-3-5-11(17)6-4-10/h3-6,12-13,17H,7-9H2,1-2H3,(H,15,18). The zero-order valence-electron chi connectivity index (χ0n) is 10.9. The van der Waals surface area contributed by atoms with Crippen molar-refractivity contribution in [3.63, 3.8) is 0 Å². The number of phenolic OH excluding ortho intramolecular Hbond substituents is 1. The van der Waals surface area contributed by atoms with Gasteiger partial charge in [0.1, 0.15) is 5.75 Å². The van der Waals surface area contributed by atoms with Crippen molar-refractivity contribution >= 4 is 5.91 Å². The Kier molecular flexibility index (Phi) is 3.87. The highest BCUT2D eigenvalue weighted by Gasteiger charge is 2.43. The first-order valence-corrected chi connectivity index (χ1v) is 6.29. The summed E-state index contributed by atoms with van der Waals surface area (Å²) in [4.78, 5) is 13.9. The van der Waals surface area contributed by atoms with Crippen molar-refractivity contribution < 1.29 is 9.90 Å². The highest BCUT2D eigenvalue weighted by atomic mass is 16.3. The molecule has 0 aromatic heterocycles. The molecule has 2 N–H and O–H groups in total. The first kappa shape index (κ1) is 12.9. The Morgan fingerprint density at radius 3 is 2.67 bits per heavy atom. The fourth-order valence-electron chi connectivity index (χ4n) is 2.11. The second kappa shape index (κ2) is 5.40. The first-order chi connectivity index (χ1) is 8.58. The maximum Gasteiger partial charge on any atom is 0.223 e. The normalized spacial score (nSPS) is 21.9. The molecule has 0 spiro atoms. The van der Waals surface area contributed by atoms with Gasteiger partial charge in [0, 0.05) is 19.0 Å². The molecule has 0 radical (unpaired) electrons. The quantitative estimate of drug-likeness (QED) is 0.822. The van der Waals surface area contributed by atoms with E-state index in [-0.39, 0.29) is 17.6 Å². The van der Waals surface area contributed by atoms with Crippen LogP contribution < -0.4 is 5.32 Å². The molecular weight excluding hydrogens is 228 g/mol. The van der Waals surface area contributed by atoms with E-state index in [2.05, 4.69) is 5.32 Å². The Hall–Kier alpha value is -1.55. The van der Waals surface area contributed by atoms with Crippen LogP contribution in [0.1, 0.15) is 17.9 Å². The molecule has 1 saturated carbocycles. The average molecular weight is 248 g/mol. The number of hydrogen-bond acceptors (Lipinski definition) is 3. The minimum absolute atomic E-state index is 0.108. The monoisotopic (exact) mass is 248 g/mol. The van der Waals surface area contributed by atoms with Crippen LogP contribution in [0.5, 0.6) is 5.75 Å². The second-order valence-electron chi connectivity index (χ2n) is 5.13. The van der Waals surface area contributed by atoms with Gasteiger partial charge in [-0.25, -0.2) is 0 Å². The largest absolute Gasteiger partial charge is 0.508 e. The second-order valence-corrected chi connectivity index (χ2v) is 5.13. The number of nitrogens with one attached hydrogen (secondary N) is 1. The van der Waals surface area contributed by atoms with Crippen LogP contribution in [-0.4, -0.2) is 43.1 Å². The lowest BCUT2D eigenvalue weighted by Crippen LogP contribution is -2.32. The molecule has 1 aliphatic carbocycles. The summed E-state index contributed by atoms with van der Waals surface area (Å²) in [6.45, 7) is 1.56. The zero-order chi connectivity index (χ0) is 13.1. The zero-order valence-corrected chi connectivity index (χ0v) is 10.9. The summed E-state index contributed by atoms with van der Waals surface area (Å²) < 4.78 is 0. The van der Waals surface area contributed by atoms with Gasteiger partial charge < -0.3 is 15.3 Å². The Balaban J connectivity index is 1.80. The van der Waals surface area contributed by atoms with E-state index in [1.165, 1.54) is 0 Å². The molecule has 4 nitrogen and oxygen atoms in total. The van der Waals surface area contributed by atoms with Gasteiger partial charge in [0.2, 0.25) is 5.91 Å². The van der Waals surface area contributed by atoms with Crippen LogP contribution in [0.2, 0.25) is 0 Å². The molecule has 2 unspecified atom stereocenters. The summed E-state index contributed by atoms with van der Waals surface area (Å²) in [5, 5.41) is 12.2. The van der Waals surface area contributed by atoms with E-state index in [0.29, 0.717) is 12.5 Å². The summed E-state index contributed by atoms with van der Waals surface area (Å²) in [7, 11) is 3.98. The van der Waals surface area contributed by atoms with Crippen molar-refractivity contribution in [2.24, 2.45) is 5.92 Å². The molecule has 1 aromatic carbocycles. The summed E-state index contributed by atoms with van der Waals surface area (Å²) in [5.41, 5.74) is 1.14. The lowest BCUT2D eigenvalue weighted by Gasteiger charge is -2.10. The van der Waals surface area contributed by atoms with E-state index in [1.54, 1.807) is 12.1 Å². The van der Waals surface area contributed by atoms with Gasteiger partial charge in [-0.05, 0) is 44.1 Å². The molecule has 0 aliphatic heterocycles. The molecule has 1 fully saturated rings. The van der Waals surface area contributed by atoms with Crippen molar-refractivity contribution in [3.05, 3.63) is 29.8 Å². The van der Waals surface area contributed by atoms with Crippen LogP contribution in [0.4, 0.5) is 0 Å². The number of carbonyl (C=O) groups excluding carboxylic acids is 1. The lowest BCUT2D eigenvalue weighted by atomic mass is 10.1. The lowest BCUT2D eigenvalue weighted by molar-refractivity contribution is -0.122. The van der Waals surface area contributed by atoms with Gasteiger partial charge in [-0.3, -0.25) is 4.79 Å². The molecule has 1 amide bonds. The number of phenols is 1. The Morgan fingerprint density at radius 1 is 1.39 bits per heavy atom. The molecule has 0 heterocycles. The smallest absolute Gasteiger partial charge is 0.223 e. The maximum absolute atomic E-state index is 11.9. The highest BCUT2D eigenvalue weighted by Crippen LogP contribution is 2.47. The SMILES string of the molecule is CN(C)CCNC(=O)C1CC1c1ccc(O)cc1. The highest BCUT2D eigenvalue weighted by molar-refractivity contribution is 5.82. The molecule has 18 heavy (non-hydrogen) atoms. The number of benzene rings is 1. The summed E-state index contributed by atoms with van der Waals surface area (Å²) >= 11 is 0. The summed E-state index contributed by atoms with van der Waals surface area (Å²) in [5.74, 6) is 0.850. The van der Waals surface area contributed by atoms with E-state index in [4.69, 9.17) is 0 Å². The van der Waals surface area contributed by atoms with Crippen LogP contribution in [0.25, 0.3) is 0 Å². The minimum atomic E-state index is 0.108. The number of nitrogens with zero attached hydrogens (tertiary/aromatic N) is 1. The van der Waals surface area contributed by atoms with Gasteiger partial charge in [-0.1, -0.05) is 12.1 Å². The third-order valence-corrected chi connectivity index (χ3v) is 3.31. The maximum atomic E-state index is 11.9. The number of hydrogen-bond donors (Lipinski definition) is 2. The Bertz CT molecular complexity index is 414. The fourth-order valence-corrected chi connectivity index (χ4v) is 2.11. The number of likely N-dealkylation sites (N-methyl/N-ethyl adjacent to an activating group) is 1. The number of rotatable bonds is 5. The number of carbonyl (C=O) groups is 1. The third-order valence-electron chi connectivity index (χ3n) is 3.31. The number of aromatic hydroxyl groups is 1. The predicted octanol–water partition coefficient (Wildman–Crippen LogP) is 1.17. The molecular formula is C14H20N2O2. The minimum Gasteiger partial charge on any atom is -0.508 e. The Labute approximate surface area is 108 Å². The van der Waals surface area contributed by atoms with Crippen molar-refractivity contribution in [1.29, 1.82) is 0 Å². The van der Waals surface area contributed by atoms with E-state index >= 15 is 0 Å². The van der Waals surface area contributed by atoms with Crippen molar-refractivity contribution in [3.8, 4) is 5.75 Å². The van der Waals surface area contributed by atoms with Crippen molar-refractivity contribution in [2.45, 2.75) is 12.3 Å². The van der Waals surface area contributed by atoms with Gasteiger partial charge in [0.05, 0.1) is 0 Å². The summed E-state index contributed by atoms with van der Waals surface area (Å²) in [6, 6.07) is 7.14. The van der Waals surface area contributed by atoms with E-state index in [1.807, 2.05) is 31.1 Å². The van der Waals surface area contributed by atoms with Crippen LogP contribution in [0, 0.1) is 5.92 Å². The third kappa shape index (κ3) is 3.23. The van der Waals surface area contributed by atoms with Crippen LogP contribution >= 0.6 is 0 Å². The predicted molar refractivity (Wildman–Crippen MR) is 70.5 cm³/mol. The van der Waals surface area contributed by atoms with E-state index in [0.717, 1.165) is 18.5 Å². The van der Waals surface area contributed by atoms with Crippen LogP contribution in [0.3, 0.4) is 0 Å². The van der Waals surface area contributed by atoms with Crippen LogP contribution in [0.15, 0.2) is 24.3 Å². The fraction of sp³-hybridized carbons (Fsp3) is 0.500. The molecule has 2 atom stereocenters. The molecule has 0 bridgehead atoms. The molecule has 2 rings (SSSR count). The van der Waals surface area contributed by atoms with Gasteiger partial charge in [0.25, 0.3) is 0 Å². The van der Waals surface area contributed by atoms with Crippen LogP contribution in [-0.2, 0) is 4.79 Å². The molecule has 98 valence electrons. The summed E-state index contributed by atoms with van der Waals surface area (Å²) in [6.07, 6.45) is 0.915.